The standard InChI is InChI=1S/C13H12F2N2O/c14-13(15)8-17(9-13)12(18)7-16-6-5-10-3-1-2-4-11(10)16/h1-6H,7-9H2. The highest BCUT2D eigenvalue weighted by molar-refractivity contribution is 5.83. The van der Waals surface area contributed by atoms with Crippen LogP contribution in [0.3, 0.4) is 0 Å². The molecular formula is C13H12F2N2O. The van der Waals surface area contributed by atoms with Gasteiger partial charge in [-0.2, -0.15) is 0 Å². The fraction of sp³-hybridized carbons (Fsp3) is 0.308. The first-order valence-electron chi connectivity index (χ1n) is 5.75. The summed E-state index contributed by atoms with van der Waals surface area (Å²) in [6, 6.07) is 9.58. The lowest BCUT2D eigenvalue weighted by Crippen LogP contribution is -2.59. The molecule has 1 aromatic carbocycles. The minimum atomic E-state index is -2.70. The summed E-state index contributed by atoms with van der Waals surface area (Å²) in [5, 5.41) is 1.04. The van der Waals surface area contributed by atoms with E-state index in [1.807, 2.05) is 30.3 Å². The van der Waals surface area contributed by atoms with Crippen LogP contribution >= 0.6 is 0 Å². The third-order valence-corrected chi connectivity index (χ3v) is 3.18. The Balaban J connectivity index is 1.75. The molecule has 1 fully saturated rings. The van der Waals surface area contributed by atoms with Crippen LogP contribution in [0, 0.1) is 0 Å². The molecule has 0 radical (unpaired) electrons. The molecule has 0 saturated carbocycles. The van der Waals surface area contributed by atoms with E-state index < -0.39 is 19.0 Å². The van der Waals surface area contributed by atoms with Gasteiger partial charge in [0.2, 0.25) is 5.91 Å². The molecule has 3 nitrogen and oxygen atoms in total. The Kier molecular flexibility index (Phi) is 2.36. The summed E-state index contributed by atoms with van der Waals surface area (Å²) in [6.45, 7) is -0.792. The second-order valence-electron chi connectivity index (χ2n) is 4.61. The number of alkyl halides is 2. The average molecular weight is 250 g/mol. The fourth-order valence-electron chi connectivity index (χ4n) is 2.21. The zero-order chi connectivity index (χ0) is 12.8. The highest BCUT2D eigenvalue weighted by Crippen LogP contribution is 2.27. The molecule has 2 heterocycles. The van der Waals surface area contributed by atoms with Gasteiger partial charge in [-0.05, 0) is 17.5 Å². The summed E-state index contributed by atoms with van der Waals surface area (Å²) < 4.78 is 27.1. The number of aromatic nitrogens is 1. The third-order valence-electron chi connectivity index (χ3n) is 3.18. The molecule has 0 spiro atoms. The quantitative estimate of drug-likeness (QED) is 0.801. The summed E-state index contributed by atoms with van der Waals surface area (Å²) in [7, 11) is 0. The maximum atomic E-state index is 12.7. The van der Waals surface area contributed by atoms with E-state index >= 15 is 0 Å². The Morgan fingerprint density at radius 1 is 1.22 bits per heavy atom. The number of rotatable bonds is 2. The van der Waals surface area contributed by atoms with Gasteiger partial charge in [-0.3, -0.25) is 4.79 Å². The molecule has 5 heteroatoms. The molecule has 0 aliphatic carbocycles. The van der Waals surface area contributed by atoms with Gasteiger partial charge in [0, 0.05) is 11.7 Å². The third kappa shape index (κ3) is 1.85. The number of benzene rings is 1. The van der Waals surface area contributed by atoms with E-state index in [0.29, 0.717) is 0 Å². The van der Waals surface area contributed by atoms with E-state index in [-0.39, 0.29) is 12.5 Å². The number of carbonyl (C=O) groups is 1. The number of likely N-dealkylation sites (tertiary alicyclic amines) is 1. The van der Waals surface area contributed by atoms with Crippen LogP contribution in [0.1, 0.15) is 0 Å². The van der Waals surface area contributed by atoms with Crippen LogP contribution in [0.5, 0.6) is 0 Å². The van der Waals surface area contributed by atoms with Crippen LogP contribution in [0.25, 0.3) is 10.9 Å². The van der Waals surface area contributed by atoms with Crippen molar-refractivity contribution in [3.8, 4) is 0 Å². The van der Waals surface area contributed by atoms with Crippen LogP contribution in [0.15, 0.2) is 36.5 Å². The first-order valence-corrected chi connectivity index (χ1v) is 5.75. The van der Waals surface area contributed by atoms with Crippen molar-refractivity contribution in [3.63, 3.8) is 0 Å². The highest BCUT2D eigenvalue weighted by atomic mass is 19.3. The molecule has 3 rings (SSSR count). The molecule has 0 bridgehead atoms. The first kappa shape index (κ1) is 11.2. The molecular weight excluding hydrogens is 238 g/mol. The van der Waals surface area contributed by atoms with Gasteiger partial charge in [-0.1, -0.05) is 18.2 Å². The van der Waals surface area contributed by atoms with E-state index in [9.17, 15) is 13.6 Å². The van der Waals surface area contributed by atoms with Crippen LogP contribution in [-0.2, 0) is 11.3 Å². The Morgan fingerprint density at radius 2 is 1.94 bits per heavy atom. The van der Waals surface area contributed by atoms with Crippen LogP contribution in [-0.4, -0.2) is 34.4 Å². The lowest BCUT2D eigenvalue weighted by Gasteiger charge is -2.38. The highest BCUT2D eigenvalue weighted by Gasteiger charge is 2.46. The van der Waals surface area contributed by atoms with Gasteiger partial charge in [-0.25, -0.2) is 8.78 Å². The molecule has 94 valence electrons. The number of halogens is 2. The van der Waals surface area contributed by atoms with Crippen LogP contribution in [0.2, 0.25) is 0 Å². The van der Waals surface area contributed by atoms with Crippen molar-refractivity contribution in [3.05, 3.63) is 36.5 Å². The fourth-order valence-corrected chi connectivity index (χ4v) is 2.21. The summed E-state index contributed by atoms with van der Waals surface area (Å²) in [6.07, 6.45) is 1.81. The molecule has 1 aliphatic heterocycles. The van der Waals surface area contributed by atoms with E-state index in [0.717, 1.165) is 10.9 Å². The minimum absolute atomic E-state index is 0.115. The Labute approximate surface area is 103 Å². The summed E-state index contributed by atoms with van der Waals surface area (Å²) in [5.41, 5.74) is 0.943. The normalized spacial score (nSPS) is 17.8. The lowest BCUT2D eigenvalue weighted by atomic mass is 10.1. The van der Waals surface area contributed by atoms with Gasteiger partial charge in [0.05, 0.1) is 13.1 Å². The summed E-state index contributed by atoms with van der Waals surface area (Å²) >= 11 is 0. The monoisotopic (exact) mass is 250 g/mol. The number of amides is 1. The smallest absolute Gasteiger partial charge is 0.282 e. The van der Waals surface area contributed by atoms with E-state index in [1.54, 1.807) is 10.8 Å². The Morgan fingerprint density at radius 3 is 2.67 bits per heavy atom. The van der Waals surface area contributed by atoms with Gasteiger partial charge in [-0.15, -0.1) is 0 Å². The molecule has 0 N–H and O–H groups in total. The zero-order valence-electron chi connectivity index (χ0n) is 9.64. The predicted molar refractivity (Wildman–Crippen MR) is 63.5 cm³/mol. The van der Waals surface area contributed by atoms with Crippen molar-refractivity contribution in [1.82, 2.24) is 9.47 Å². The van der Waals surface area contributed by atoms with Crippen molar-refractivity contribution in [1.29, 1.82) is 0 Å². The molecule has 0 atom stereocenters. The first-order chi connectivity index (χ1) is 8.55. The van der Waals surface area contributed by atoms with E-state index in [1.165, 1.54) is 4.90 Å². The van der Waals surface area contributed by atoms with Crippen molar-refractivity contribution in [2.45, 2.75) is 12.5 Å². The molecule has 1 amide bonds. The maximum absolute atomic E-state index is 12.7. The van der Waals surface area contributed by atoms with E-state index in [4.69, 9.17) is 0 Å². The van der Waals surface area contributed by atoms with Crippen LogP contribution in [0.4, 0.5) is 8.78 Å². The molecule has 0 unspecified atom stereocenters. The molecule has 1 aromatic heterocycles. The number of para-hydroxylation sites is 1. The Bertz CT molecular complexity index is 598. The van der Waals surface area contributed by atoms with Crippen molar-refractivity contribution in [2.24, 2.45) is 0 Å². The van der Waals surface area contributed by atoms with Gasteiger partial charge in [0.15, 0.2) is 0 Å². The zero-order valence-corrected chi connectivity index (χ0v) is 9.64. The van der Waals surface area contributed by atoms with Gasteiger partial charge in [0.25, 0.3) is 5.92 Å². The van der Waals surface area contributed by atoms with Crippen molar-refractivity contribution >= 4 is 16.8 Å². The van der Waals surface area contributed by atoms with Gasteiger partial charge >= 0.3 is 0 Å². The predicted octanol–water partition coefficient (Wildman–Crippen LogP) is 2.12. The molecule has 1 aliphatic rings. The SMILES string of the molecule is O=C(Cn1ccc2ccccc21)N1CC(F)(F)C1. The number of hydrogen-bond donors (Lipinski definition) is 0. The topological polar surface area (TPSA) is 25.2 Å². The molecule has 1 saturated heterocycles. The second-order valence-corrected chi connectivity index (χ2v) is 4.61. The second kappa shape index (κ2) is 3.80. The van der Waals surface area contributed by atoms with Gasteiger partial charge in [0.1, 0.15) is 6.54 Å². The van der Waals surface area contributed by atoms with Crippen molar-refractivity contribution < 1.29 is 13.6 Å². The number of carbonyl (C=O) groups excluding carboxylic acids is 1. The lowest BCUT2D eigenvalue weighted by molar-refractivity contribution is -0.166. The summed E-state index contributed by atoms with van der Waals surface area (Å²) in [4.78, 5) is 13.0. The molecule has 18 heavy (non-hydrogen) atoms. The van der Waals surface area contributed by atoms with Crippen LogP contribution < -0.4 is 0 Å². The number of fused-ring (bicyclic) bond motifs is 1. The largest absolute Gasteiger partial charge is 0.338 e. The maximum Gasteiger partial charge on any atom is 0.282 e. The minimum Gasteiger partial charge on any atom is -0.338 e. The molecule has 2 aromatic rings. The number of nitrogens with zero attached hydrogens (tertiary/aromatic N) is 2. The number of hydrogen-bond acceptors (Lipinski definition) is 1. The van der Waals surface area contributed by atoms with Gasteiger partial charge < -0.3 is 9.47 Å². The average Bonchev–Trinajstić information content (AvgIpc) is 2.70. The Hall–Kier alpha value is -1.91. The van der Waals surface area contributed by atoms with Crippen molar-refractivity contribution in [2.75, 3.05) is 13.1 Å². The van der Waals surface area contributed by atoms with E-state index in [2.05, 4.69) is 0 Å². The summed E-state index contributed by atoms with van der Waals surface area (Å²) in [5.74, 6) is -2.96.